The van der Waals surface area contributed by atoms with E-state index in [1.165, 1.54) is 12.2 Å². The van der Waals surface area contributed by atoms with Gasteiger partial charge in [0.15, 0.2) is 0 Å². The van der Waals surface area contributed by atoms with Gasteiger partial charge in [0.25, 0.3) is 5.91 Å². The highest BCUT2D eigenvalue weighted by Crippen LogP contribution is 2.43. The van der Waals surface area contributed by atoms with Gasteiger partial charge in [0.1, 0.15) is 17.0 Å². The van der Waals surface area contributed by atoms with E-state index >= 15 is 0 Å². The molecule has 1 saturated heterocycles. The number of anilines is 1. The van der Waals surface area contributed by atoms with Crippen molar-refractivity contribution in [2.24, 2.45) is 11.7 Å². The molecule has 8 heteroatoms. The number of carbonyl (C=O) groups excluding carboxylic acids is 2. The summed E-state index contributed by atoms with van der Waals surface area (Å²) < 4.78 is 11.5. The smallest absolute Gasteiger partial charge is 0.412 e. The lowest BCUT2D eigenvalue weighted by atomic mass is 9.75. The van der Waals surface area contributed by atoms with Crippen LogP contribution in [0.4, 0.5) is 10.5 Å². The summed E-state index contributed by atoms with van der Waals surface area (Å²) >= 11 is 0. The van der Waals surface area contributed by atoms with Crippen LogP contribution in [0.15, 0.2) is 42.5 Å². The van der Waals surface area contributed by atoms with Gasteiger partial charge in [-0.15, -0.1) is 0 Å². The van der Waals surface area contributed by atoms with Crippen molar-refractivity contribution in [3.63, 3.8) is 0 Å². The molecule has 2 aromatic rings. The van der Waals surface area contributed by atoms with Crippen LogP contribution in [0.1, 0.15) is 56.7 Å². The highest BCUT2D eigenvalue weighted by Gasteiger charge is 2.48. The van der Waals surface area contributed by atoms with Crippen molar-refractivity contribution in [2.45, 2.75) is 64.1 Å². The Morgan fingerprint density at radius 3 is 2.50 bits per heavy atom. The van der Waals surface area contributed by atoms with Crippen molar-refractivity contribution in [1.82, 2.24) is 4.90 Å². The first-order chi connectivity index (χ1) is 17.1. The highest BCUT2D eigenvalue weighted by atomic mass is 16.7. The number of benzene rings is 2. The third kappa shape index (κ3) is 4.92. The Labute approximate surface area is 213 Å². The Morgan fingerprint density at radius 2 is 1.86 bits per heavy atom. The summed E-state index contributed by atoms with van der Waals surface area (Å²) in [6.07, 6.45) is 2.76. The molecule has 2 heterocycles. The Morgan fingerprint density at radius 1 is 1.14 bits per heavy atom. The highest BCUT2D eigenvalue weighted by molar-refractivity contribution is 5.94. The number of likely N-dealkylation sites (tertiary alicyclic amines) is 1. The van der Waals surface area contributed by atoms with Gasteiger partial charge in [-0.3, -0.25) is 14.5 Å². The van der Waals surface area contributed by atoms with Crippen LogP contribution in [-0.4, -0.2) is 43.3 Å². The van der Waals surface area contributed by atoms with E-state index in [0.717, 1.165) is 41.0 Å². The number of ether oxygens (including phenoxy) is 2. The number of aryl methyl sites for hydroxylation is 1. The molecule has 1 fully saturated rings. The molecule has 2 atom stereocenters. The number of carbonyl (C=O) groups is 2. The summed E-state index contributed by atoms with van der Waals surface area (Å²) in [4.78, 5) is 32.9. The Kier molecular flexibility index (Phi) is 7.29. The SMILES string of the molecule is COc1cc2c(cc1C[C@@H]1CCCN(C(=O)OC(C)(C)C)[C@]1(N)c1ccccc1)N(OC)C(=O)CC2. The van der Waals surface area contributed by atoms with Gasteiger partial charge in [-0.1, -0.05) is 30.3 Å². The monoisotopic (exact) mass is 495 g/mol. The zero-order chi connectivity index (χ0) is 26.1. The standard InChI is InChI=1S/C28H37N3O5/c1-27(2,3)36-26(33)30-15-9-12-22(28(30,29)21-10-7-6-8-11-21)16-20-17-23-19(18-24(20)34-4)13-14-25(32)31(23)35-5/h6-8,10-11,17-18,22H,9,12-16,29H2,1-5H3/t22-,28+/m0/s1. The zero-order valence-corrected chi connectivity index (χ0v) is 21.9. The average Bonchev–Trinajstić information content (AvgIpc) is 2.84. The lowest BCUT2D eigenvalue weighted by Gasteiger charge is -2.50. The van der Waals surface area contributed by atoms with Crippen LogP contribution in [0.5, 0.6) is 5.75 Å². The van der Waals surface area contributed by atoms with Crippen molar-refractivity contribution in [2.75, 3.05) is 25.8 Å². The molecule has 4 rings (SSSR count). The minimum absolute atomic E-state index is 0.0765. The Hall–Kier alpha value is -3.10. The van der Waals surface area contributed by atoms with Crippen molar-refractivity contribution >= 4 is 17.7 Å². The van der Waals surface area contributed by atoms with E-state index in [1.54, 1.807) is 12.0 Å². The molecule has 0 aliphatic carbocycles. The van der Waals surface area contributed by atoms with Gasteiger partial charge in [0.2, 0.25) is 0 Å². The van der Waals surface area contributed by atoms with Crippen LogP contribution in [-0.2, 0) is 32.9 Å². The van der Waals surface area contributed by atoms with Gasteiger partial charge in [-0.2, -0.15) is 5.06 Å². The van der Waals surface area contributed by atoms with Crippen LogP contribution < -0.4 is 15.5 Å². The molecular formula is C28H37N3O5. The van der Waals surface area contributed by atoms with Crippen molar-refractivity contribution in [3.8, 4) is 5.75 Å². The maximum atomic E-state index is 13.4. The van der Waals surface area contributed by atoms with Crippen LogP contribution in [0.25, 0.3) is 0 Å². The second-order valence-electron chi connectivity index (χ2n) is 10.5. The Bertz CT molecular complexity index is 1110. The van der Waals surface area contributed by atoms with Gasteiger partial charge >= 0.3 is 6.09 Å². The van der Waals surface area contributed by atoms with E-state index in [1.807, 2.05) is 63.2 Å². The molecule has 36 heavy (non-hydrogen) atoms. The lowest BCUT2D eigenvalue weighted by Crippen LogP contribution is -2.63. The third-order valence-electron chi connectivity index (χ3n) is 7.04. The molecular weight excluding hydrogens is 458 g/mol. The van der Waals surface area contributed by atoms with Crippen LogP contribution in [0.3, 0.4) is 0 Å². The van der Waals surface area contributed by atoms with E-state index in [-0.39, 0.29) is 11.8 Å². The maximum Gasteiger partial charge on any atom is 0.412 e. The van der Waals surface area contributed by atoms with Crippen molar-refractivity contribution in [3.05, 3.63) is 59.2 Å². The van der Waals surface area contributed by atoms with E-state index < -0.39 is 17.4 Å². The van der Waals surface area contributed by atoms with Crippen molar-refractivity contribution < 1.29 is 23.9 Å². The van der Waals surface area contributed by atoms with E-state index in [0.29, 0.717) is 25.8 Å². The molecule has 2 N–H and O–H groups in total. The first kappa shape index (κ1) is 26.0. The molecule has 2 aliphatic heterocycles. The molecule has 0 unspecified atom stereocenters. The fraction of sp³-hybridized carbons (Fsp3) is 0.500. The number of amides is 2. The normalized spacial score (nSPS) is 22.3. The summed E-state index contributed by atoms with van der Waals surface area (Å²) in [7, 11) is 3.14. The Balaban J connectivity index is 1.76. The predicted molar refractivity (Wildman–Crippen MR) is 137 cm³/mol. The predicted octanol–water partition coefficient (Wildman–Crippen LogP) is 4.54. The third-order valence-corrected chi connectivity index (χ3v) is 7.04. The summed E-state index contributed by atoms with van der Waals surface area (Å²) in [5.74, 6) is 0.541. The number of nitrogens with zero attached hydrogens (tertiary/aromatic N) is 2. The van der Waals surface area contributed by atoms with E-state index in [4.69, 9.17) is 20.0 Å². The van der Waals surface area contributed by atoms with Gasteiger partial charge in [-0.25, -0.2) is 4.79 Å². The molecule has 8 nitrogen and oxygen atoms in total. The van der Waals surface area contributed by atoms with Gasteiger partial charge in [-0.05, 0) is 75.3 Å². The first-order valence-electron chi connectivity index (χ1n) is 12.5. The fourth-order valence-corrected chi connectivity index (χ4v) is 5.37. The number of hydroxylamine groups is 1. The van der Waals surface area contributed by atoms with Gasteiger partial charge in [0, 0.05) is 18.9 Å². The minimum Gasteiger partial charge on any atom is -0.496 e. The molecule has 0 bridgehead atoms. The number of methoxy groups -OCH3 is 1. The summed E-state index contributed by atoms with van der Waals surface area (Å²) in [6.45, 7) is 6.07. The second-order valence-corrected chi connectivity index (χ2v) is 10.5. The van der Waals surface area contributed by atoms with E-state index in [2.05, 4.69) is 0 Å². The molecule has 0 saturated carbocycles. The van der Waals surface area contributed by atoms with Crippen LogP contribution >= 0.6 is 0 Å². The number of nitrogens with two attached hydrogens (primary N) is 1. The van der Waals surface area contributed by atoms with Crippen LogP contribution in [0.2, 0.25) is 0 Å². The number of piperidine rings is 1. The molecule has 0 spiro atoms. The first-order valence-corrected chi connectivity index (χ1v) is 12.5. The summed E-state index contributed by atoms with van der Waals surface area (Å²) in [6, 6.07) is 13.7. The van der Waals surface area contributed by atoms with Crippen molar-refractivity contribution in [1.29, 1.82) is 0 Å². The van der Waals surface area contributed by atoms with Crippen LogP contribution in [0, 0.1) is 5.92 Å². The summed E-state index contributed by atoms with van der Waals surface area (Å²) in [5, 5.41) is 1.35. The molecule has 0 radical (unpaired) electrons. The number of rotatable bonds is 5. The van der Waals surface area contributed by atoms with E-state index in [9.17, 15) is 9.59 Å². The number of hydrogen-bond donors (Lipinski definition) is 1. The molecule has 0 aromatic heterocycles. The summed E-state index contributed by atoms with van der Waals surface area (Å²) in [5.41, 5.74) is 9.00. The maximum absolute atomic E-state index is 13.4. The largest absolute Gasteiger partial charge is 0.496 e. The molecule has 2 amide bonds. The second kappa shape index (κ2) is 10.1. The topological polar surface area (TPSA) is 94.3 Å². The molecule has 2 aliphatic rings. The number of hydrogen-bond acceptors (Lipinski definition) is 6. The number of fused-ring (bicyclic) bond motifs is 1. The minimum atomic E-state index is -1.08. The average molecular weight is 496 g/mol. The fourth-order valence-electron chi connectivity index (χ4n) is 5.37. The lowest BCUT2D eigenvalue weighted by molar-refractivity contribution is -0.125. The molecule has 194 valence electrons. The van der Waals surface area contributed by atoms with Gasteiger partial charge < -0.3 is 15.2 Å². The zero-order valence-electron chi connectivity index (χ0n) is 21.9. The quantitative estimate of drug-likeness (QED) is 0.655. The molecule has 2 aromatic carbocycles. The van der Waals surface area contributed by atoms with Gasteiger partial charge in [0.05, 0.1) is 19.9 Å².